The van der Waals surface area contributed by atoms with E-state index in [1.165, 1.54) is 23.1 Å². The molecule has 0 radical (unpaired) electrons. The van der Waals surface area contributed by atoms with Crippen LogP contribution in [0.2, 0.25) is 0 Å². The van der Waals surface area contributed by atoms with Crippen LogP contribution in [-0.2, 0) is 9.59 Å². The molecule has 2 unspecified atom stereocenters. The Morgan fingerprint density at radius 2 is 2.25 bits per heavy atom. The monoisotopic (exact) mass is 311 g/mol. The number of allylic oxidation sites excluding steroid dienone is 1. The number of aryl methyl sites for hydroxylation is 1. The van der Waals surface area contributed by atoms with E-state index >= 15 is 0 Å². The molecular formula is C13H17N3O2S2. The summed E-state index contributed by atoms with van der Waals surface area (Å²) in [6.45, 7) is 1.92. The standard InChI is InChI=1S/C13H17N3O2S2/c1-8-6-19-13(15-8)20-7-11(17)16-10-5-3-2-4-9(10)12(14)18/h2-3,6,9-10H,4-5,7H2,1H3,(H2,14,18)(H,16,17). The van der Waals surface area contributed by atoms with Gasteiger partial charge in [0.1, 0.15) is 0 Å². The molecule has 2 rings (SSSR count). The summed E-state index contributed by atoms with van der Waals surface area (Å²) >= 11 is 2.94. The number of primary amides is 1. The highest BCUT2D eigenvalue weighted by Crippen LogP contribution is 2.23. The van der Waals surface area contributed by atoms with E-state index in [1.807, 2.05) is 24.5 Å². The van der Waals surface area contributed by atoms with E-state index in [-0.39, 0.29) is 23.8 Å². The van der Waals surface area contributed by atoms with Gasteiger partial charge in [0.25, 0.3) is 0 Å². The van der Waals surface area contributed by atoms with Crippen molar-refractivity contribution in [2.75, 3.05) is 5.75 Å². The van der Waals surface area contributed by atoms with E-state index in [9.17, 15) is 9.59 Å². The van der Waals surface area contributed by atoms with Crippen molar-refractivity contribution >= 4 is 34.9 Å². The molecule has 5 nitrogen and oxygen atoms in total. The molecule has 1 aromatic heterocycles. The number of nitrogens with two attached hydrogens (primary N) is 1. The van der Waals surface area contributed by atoms with Crippen molar-refractivity contribution < 1.29 is 9.59 Å². The van der Waals surface area contributed by atoms with Crippen LogP contribution < -0.4 is 11.1 Å². The maximum absolute atomic E-state index is 11.9. The van der Waals surface area contributed by atoms with Gasteiger partial charge in [-0.25, -0.2) is 4.98 Å². The molecule has 0 aromatic carbocycles. The van der Waals surface area contributed by atoms with Crippen molar-refractivity contribution in [3.63, 3.8) is 0 Å². The van der Waals surface area contributed by atoms with Crippen LogP contribution in [-0.4, -0.2) is 28.6 Å². The van der Waals surface area contributed by atoms with Crippen molar-refractivity contribution in [3.05, 3.63) is 23.2 Å². The van der Waals surface area contributed by atoms with Crippen LogP contribution in [0.5, 0.6) is 0 Å². The molecule has 20 heavy (non-hydrogen) atoms. The Hall–Kier alpha value is -1.34. The average Bonchev–Trinajstić information content (AvgIpc) is 2.83. The number of carbonyl (C=O) groups excluding carboxylic acids is 2. The number of thioether (sulfide) groups is 1. The summed E-state index contributed by atoms with van der Waals surface area (Å²) in [6, 6.07) is -0.191. The number of hydrogen-bond acceptors (Lipinski definition) is 5. The van der Waals surface area contributed by atoms with E-state index in [2.05, 4.69) is 10.3 Å². The number of carbonyl (C=O) groups is 2. The Labute approximate surface area is 126 Å². The highest BCUT2D eigenvalue weighted by Gasteiger charge is 2.28. The van der Waals surface area contributed by atoms with Crippen LogP contribution in [0.15, 0.2) is 21.9 Å². The Morgan fingerprint density at radius 1 is 1.50 bits per heavy atom. The summed E-state index contributed by atoms with van der Waals surface area (Å²) in [5.74, 6) is -0.452. The third-order valence-electron chi connectivity index (χ3n) is 3.07. The van der Waals surface area contributed by atoms with Crippen molar-refractivity contribution in [1.29, 1.82) is 0 Å². The number of nitrogens with zero attached hydrogens (tertiary/aromatic N) is 1. The summed E-state index contributed by atoms with van der Waals surface area (Å²) < 4.78 is 0.882. The van der Waals surface area contributed by atoms with Crippen molar-refractivity contribution in [2.24, 2.45) is 11.7 Å². The minimum absolute atomic E-state index is 0.0885. The number of thiazole rings is 1. The zero-order valence-electron chi connectivity index (χ0n) is 11.2. The zero-order valence-corrected chi connectivity index (χ0v) is 12.8. The second kappa shape index (κ2) is 6.90. The number of amides is 2. The van der Waals surface area contributed by atoms with Crippen LogP contribution in [0.3, 0.4) is 0 Å². The number of aromatic nitrogens is 1. The van der Waals surface area contributed by atoms with E-state index in [4.69, 9.17) is 5.73 Å². The SMILES string of the molecule is Cc1csc(SCC(=O)NC2CC=CCC2C(N)=O)n1. The number of rotatable bonds is 5. The molecule has 7 heteroatoms. The van der Waals surface area contributed by atoms with Gasteiger partial charge in [0.15, 0.2) is 4.34 Å². The van der Waals surface area contributed by atoms with Crippen LogP contribution >= 0.6 is 23.1 Å². The van der Waals surface area contributed by atoms with Gasteiger partial charge in [-0.2, -0.15) is 0 Å². The summed E-state index contributed by atoms with van der Waals surface area (Å²) in [7, 11) is 0. The van der Waals surface area contributed by atoms with Crippen LogP contribution in [0.25, 0.3) is 0 Å². The molecule has 1 aliphatic rings. The van der Waals surface area contributed by atoms with Crippen molar-refractivity contribution in [3.8, 4) is 0 Å². The third-order valence-corrected chi connectivity index (χ3v) is 5.21. The smallest absolute Gasteiger partial charge is 0.230 e. The lowest BCUT2D eigenvalue weighted by Crippen LogP contribution is -2.46. The molecule has 0 bridgehead atoms. The molecule has 3 N–H and O–H groups in total. The maximum atomic E-state index is 11.9. The van der Waals surface area contributed by atoms with Gasteiger partial charge in [0, 0.05) is 17.1 Å². The minimum atomic E-state index is -0.358. The summed E-state index contributed by atoms with van der Waals surface area (Å²) in [5.41, 5.74) is 6.33. The van der Waals surface area contributed by atoms with Gasteiger partial charge in [-0.05, 0) is 19.8 Å². The molecule has 108 valence electrons. The highest BCUT2D eigenvalue weighted by atomic mass is 32.2. The fourth-order valence-corrected chi connectivity index (χ4v) is 3.72. The molecule has 1 aliphatic carbocycles. The van der Waals surface area contributed by atoms with Gasteiger partial charge in [0.05, 0.1) is 11.7 Å². The zero-order chi connectivity index (χ0) is 14.5. The second-order valence-electron chi connectivity index (χ2n) is 4.67. The molecule has 0 saturated carbocycles. The normalized spacial score (nSPS) is 21.6. The summed E-state index contributed by atoms with van der Waals surface area (Å²) in [6.07, 6.45) is 5.16. The molecule has 1 aromatic rings. The van der Waals surface area contributed by atoms with Gasteiger partial charge in [-0.1, -0.05) is 23.9 Å². The Bertz CT molecular complexity index is 527. The molecule has 0 spiro atoms. The van der Waals surface area contributed by atoms with Gasteiger partial charge in [-0.3, -0.25) is 9.59 Å². The predicted molar refractivity (Wildman–Crippen MR) is 80.6 cm³/mol. The molecule has 2 amide bonds. The largest absolute Gasteiger partial charge is 0.369 e. The van der Waals surface area contributed by atoms with Crippen LogP contribution in [0, 0.1) is 12.8 Å². The topological polar surface area (TPSA) is 85.1 Å². The summed E-state index contributed by atoms with van der Waals surface area (Å²) in [5, 5.41) is 4.85. The molecule has 2 atom stereocenters. The average molecular weight is 311 g/mol. The van der Waals surface area contributed by atoms with Gasteiger partial charge in [-0.15, -0.1) is 11.3 Å². The maximum Gasteiger partial charge on any atom is 0.230 e. The molecule has 1 heterocycles. The molecule has 0 saturated heterocycles. The first-order chi connectivity index (χ1) is 9.56. The molecule has 0 fully saturated rings. The van der Waals surface area contributed by atoms with Gasteiger partial charge >= 0.3 is 0 Å². The first kappa shape index (κ1) is 15.1. The van der Waals surface area contributed by atoms with Crippen molar-refractivity contribution in [2.45, 2.75) is 30.1 Å². The fraction of sp³-hybridized carbons (Fsp3) is 0.462. The van der Waals surface area contributed by atoms with E-state index in [0.717, 1.165) is 10.0 Å². The fourth-order valence-electron chi connectivity index (χ4n) is 2.06. The first-order valence-electron chi connectivity index (χ1n) is 6.35. The van der Waals surface area contributed by atoms with E-state index in [0.29, 0.717) is 18.6 Å². The van der Waals surface area contributed by atoms with Crippen molar-refractivity contribution in [1.82, 2.24) is 10.3 Å². The lowest BCUT2D eigenvalue weighted by molar-refractivity contribution is -0.124. The van der Waals surface area contributed by atoms with Crippen LogP contribution in [0.1, 0.15) is 18.5 Å². The second-order valence-corrected chi connectivity index (χ2v) is 6.75. The number of nitrogens with one attached hydrogen (secondary N) is 1. The van der Waals surface area contributed by atoms with E-state index < -0.39 is 0 Å². The lowest BCUT2D eigenvalue weighted by Gasteiger charge is -2.26. The summed E-state index contributed by atoms with van der Waals surface area (Å²) in [4.78, 5) is 27.6. The molecular weight excluding hydrogens is 294 g/mol. The first-order valence-corrected chi connectivity index (χ1v) is 8.21. The van der Waals surface area contributed by atoms with Gasteiger partial charge in [0.2, 0.25) is 11.8 Å². The molecule has 0 aliphatic heterocycles. The Morgan fingerprint density at radius 3 is 2.90 bits per heavy atom. The Kier molecular flexibility index (Phi) is 5.19. The van der Waals surface area contributed by atoms with Gasteiger partial charge < -0.3 is 11.1 Å². The third kappa shape index (κ3) is 4.08. The number of hydrogen-bond donors (Lipinski definition) is 2. The lowest BCUT2D eigenvalue weighted by atomic mass is 9.88. The van der Waals surface area contributed by atoms with Crippen LogP contribution in [0.4, 0.5) is 0 Å². The quantitative estimate of drug-likeness (QED) is 0.637. The highest BCUT2D eigenvalue weighted by molar-refractivity contribution is 8.01. The predicted octanol–water partition coefficient (Wildman–Crippen LogP) is 1.48. The van der Waals surface area contributed by atoms with E-state index in [1.54, 1.807) is 0 Å². The Balaban J connectivity index is 1.84. The minimum Gasteiger partial charge on any atom is -0.369 e.